The van der Waals surface area contributed by atoms with E-state index in [1.54, 1.807) is 13.2 Å². The number of benzene rings is 1. The highest BCUT2D eigenvalue weighted by atomic mass is 127. The molecule has 1 aromatic rings. The van der Waals surface area contributed by atoms with Crippen molar-refractivity contribution in [2.75, 3.05) is 33.4 Å². The molecule has 0 heterocycles. The van der Waals surface area contributed by atoms with Crippen LogP contribution in [0.2, 0.25) is 0 Å². The zero-order valence-electron chi connectivity index (χ0n) is 15.4. The Labute approximate surface area is 172 Å². The number of methoxy groups -OCH3 is 1. The Bertz CT molecular complexity index is 629. The summed E-state index contributed by atoms with van der Waals surface area (Å²) in [5.74, 6) is 4.05. The summed E-state index contributed by atoms with van der Waals surface area (Å²) in [6, 6.07) is 5.48. The van der Waals surface area contributed by atoms with Gasteiger partial charge in [-0.1, -0.05) is 12.0 Å². The third-order valence-electron chi connectivity index (χ3n) is 3.08. The first kappa shape index (κ1) is 23.9. The number of nitrogens with one attached hydrogen (secondary N) is 3. The molecule has 0 aromatic heterocycles. The third kappa shape index (κ3) is 8.80. The zero-order valence-corrected chi connectivity index (χ0v) is 17.8. The molecule has 0 fully saturated rings. The Hall–Kier alpha value is -2.15. The molecule has 1 rings (SSSR count). The zero-order chi connectivity index (χ0) is 18.5. The quantitative estimate of drug-likeness (QED) is 0.219. The van der Waals surface area contributed by atoms with Gasteiger partial charge in [-0.2, -0.15) is 0 Å². The molecule has 144 valence electrons. The van der Waals surface area contributed by atoms with E-state index in [0.29, 0.717) is 37.1 Å². The number of rotatable bonds is 9. The van der Waals surface area contributed by atoms with Gasteiger partial charge in [0.15, 0.2) is 24.1 Å². The molecule has 0 spiro atoms. The summed E-state index contributed by atoms with van der Waals surface area (Å²) in [6.45, 7) is 5.95. The van der Waals surface area contributed by atoms with Crippen molar-refractivity contribution in [1.29, 1.82) is 0 Å². The van der Waals surface area contributed by atoms with Crippen molar-refractivity contribution in [1.82, 2.24) is 16.0 Å². The van der Waals surface area contributed by atoms with Crippen LogP contribution in [0.4, 0.5) is 0 Å². The molecule has 0 aliphatic carbocycles. The van der Waals surface area contributed by atoms with Gasteiger partial charge in [0.05, 0.1) is 20.2 Å². The minimum absolute atomic E-state index is 0. The van der Waals surface area contributed by atoms with Crippen LogP contribution < -0.4 is 25.4 Å². The van der Waals surface area contributed by atoms with Crippen LogP contribution in [0, 0.1) is 12.3 Å². The number of carbonyl (C=O) groups excluding carboxylic acids is 1. The van der Waals surface area contributed by atoms with Crippen molar-refractivity contribution in [3.05, 3.63) is 23.8 Å². The Morgan fingerprint density at radius 1 is 1.19 bits per heavy atom. The maximum absolute atomic E-state index is 11.5. The molecule has 0 bridgehead atoms. The standard InChI is InChI=1S/C18H26N4O3.HI/c1-5-10-21-18(20-7-3)22-12-14-8-9-15(16(11-14)24-4)25-13-17(23)19-6-2;/h1,8-9,11H,6-7,10,12-13H2,2-4H3,(H,19,23)(H2,20,21,22);1H. The molecule has 8 heteroatoms. The lowest BCUT2D eigenvalue weighted by Gasteiger charge is -2.12. The Morgan fingerprint density at radius 2 is 1.92 bits per heavy atom. The van der Waals surface area contributed by atoms with Crippen LogP contribution >= 0.6 is 24.0 Å². The molecule has 0 radical (unpaired) electrons. The predicted molar refractivity (Wildman–Crippen MR) is 114 cm³/mol. The van der Waals surface area contributed by atoms with Gasteiger partial charge in [0.25, 0.3) is 5.91 Å². The highest BCUT2D eigenvalue weighted by Crippen LogP contribution is 2.28. The predicted octanol–water partition coefficient (Wildman–Crippen LogP) is 1.52. The number of carbonyl (C=O) groups is 1. The fraction of sp³-hybridized carbons (Fsp3) is 0.444. The van der Waals surface area contributed by atoms with Gasteiger partial charge in [0.1, 0.15) is 0 Å². The second-order valence-electron chi connectivity index (χ2n) is 4.98. The van der Waals surface area contributed by atoms with Crippen LogP contribution in [0.25, 0.3) is 0 Å². The summed E-state index contributed by atoms with van der Waals surface area (Å²) in [7, 11) is 1.56. The van der Waals surface area contributed by atoms with Crippen molar-refractivity contribution in [3.63, 3.8) is 0 Å². The fourth-order valence-electron chi connectivity index (χ4n) is 1.97. The largest absolute Gasteiger partial charge is 0.493 e. The van der Waals surface area contributed by atoms with Crippen LogP contribution in [0.1, 0.15) is 19.4 Å². The normalized spacial score (nSPS) is 10.2. The summed E-state index contributed by atoms with van der Waals surface area (Å²) in [6.07, 6.45) is 5.25. The molecule has 0 saturated carbocycles. The third-order valence-corrected chi connectivity index (χ3v) is 3.08. The molecule has 1 aromatic carbocycles. The van der Waals surface area contributed by atoms with Gasteiger partial charge in [-0.25, -0.2) is 4.99 Å². The SMILES string of the molecule is C#CCNC(=NCc1ccc(OCC(=O)NCC)c(OC)c1)NCC.I. The number of hydrogen-bond donors (Lipinski definition) is 3. The van der Waals surface area contributed by atoms with Gasteiger partial charge in [-0.3, -0.25) is 4.79 Å². The number of aliphatic imine (C=N–C) groups is 1. The van der Waals surface area contributed by atoms with Crippen molar-refractivity contribution in [3.8, 4) is 23.8 Å². The molecule has 26 heavy (non-hydrogen) atoms. The number of amides is 1. The molecule has 0 atom stereocenters. The lowest BCUT2D eigenvalue weighted by molar-refractivity contribution is -0.123. The highest BCUT2D eigenvalue weighted by molar-refractivity contribution is 14.0. The monoisotopic (exact) mass is 474 g/mol. The molecular formula is C18H27IN4O3. The second-order valence-corrected chi connectivity index (χ2v) is 4.98. The minimum Gasteiger partial charge on any atom is -0.493 e. The van der Waals surface area contributed by atoms with Gasteiger partial charge >= 0.3 is 0 Å². The molecule has 3 N–H and O–H groups in total. The molecule has 0 saturated heterocycles. The van der Waals surface area contributed by atoms with E-state index in [4.69, 9.17) is 15.9 Å². The maximum atomic E-state index is 11.5. The number of ether oxygens (including phenoxy) is 2. The van der Waals surface area contributed by atoms with E-state index in [9.17, 15) is 4.79 Å². The van der Waals surface area contributed by atoms with Crippen molar-refractivity contribution in [2.45, 2.75) is 20.4 Å². The topological polar surface area (TPSA) is 84.0 Å². The van der Waals surface area contributed by atoms with E-state index in [2.05, 4.69) is 26.9 Å². The van der Waals surface area contributed by atoms with Gasteiger partial charge in [-0.15, -0.1) is 30.4 Å². The molecule has 0 unspecified atom stereocenters. The smallest absolute Gasteiger partial charge is 0.257 e. The average molecular weight is 474 g/mol. The first-order chi connectivity index (χ1) is 12.1. The number of halogens is 1. The van der Waals surface area contributed by atoms with Gasteiger partial charge in [-0.05, 0) is 31.5 Å². The summed E-state index contributed by atoms with van der Waals surface area (Å²) in [4.78, 5) is 15.9. The number of likely N-dealkylation sites (N-methyl/N-ethyl adjacent to an activating group) is 1. The van der Waals surface area contributed by atoms with Crippen LogP contribution in [0.15, 0.2) is 23.2 Å². The Balaban J connectivity index is 0.00000625. The van der Waals surface area contributed by atoms with Crippen LogP contribution in [0.3, 0.4) is 0 Å². The van der Waals surface area contributed by atoms with Crippen molar-refractivity contribution >= 4 is 35.8 Å². The molecule has 0 aliphatic rings. The highest BCUT2D eigenvalue weighted by Gasteiger charge is 2.08. The van der Waals surface area contributed by atoms with E-state index in [-0.39, 0.29) is 36.5 Å². The van der Waals surface area contributed by atoms with E-state index < -0.39 is 0 Å². The summed E-state index contributed by atoms with van der Waals surface area (Å²) in [5.41, 5.74) is 0.945. The molecule has 0 aliphatic heterocycles. The summed E-state index contributed by atoms with van der Waals surface area (Å²) >= 11 is 0. The lowest BCUT2D eigenvalue weighted by Crippen LogP contribution is -2.37. The van der Waals surface area contributed by atoms with E-state index in [1.807, 2.05) is 26.0 Å². The van der Waals surface area contributed by atoms with Crippen molar-refractivity contribution < 1.29 is 14.3 Å². The molecule has 1 amide bonds. The number of terminal acetylenes is 1. The Morgan fingerprint density at radius 3 is 2.54 bits per heavy atom. The maximum Gasteiger partial charge on any atom is 0.257 e. The lowest BCUT2D eigenvalue weighted by atomic mass is 10.2. The van der Waals surface area contributed by atoms with E-state index >= 15 is 0 Å². The number of nitrogens with zero attached hydrogens (tertiary/aromatic N) is 1. The van der Waals surface area contributed by atoms with Crippen LogP contribution in [-0.4, -0.2) is 45.2 Å². The van der Waals surface area contributed by atoms with Crippen molar-refractivity contribution in [2.24, 2.45) is 4.99 Å². The van der Waals surface area contributed by atoms with Gasteiger partial charge < -0.3 is 25.4 Å². The number of hydrogen-bond acceptors (Lipinski definition) is 4. The van der Waals surface area contributed by atoms with Crippen LogP contribution in [0.5, 0.6) is 11.5 Å². The summed E-state index contributed by atoms with van der Waals surface area (Å²) < 4.78 is 10.8. The first-order valence-electron chi connectivity index (χ1n) is 8.16. The fourth-order valence-corrected chi connectivity index (χ4v) is 1.97. The Kier molecular flexibility index (Phi) is 12.9. The first-order valence-corrected chi connectivity index (χ1v) is 8.16. The van der Waals surface area contributed by atoms with Gasteiger partial charge in [0.2, 0.25) is 0 Å². The molecule has 7 nitrogen and oxygen atoms in total. The van der Waals surface area contributed by atoms with E-state index in [1.165, 1.54) is 0 Å². The van der Waals surface area contributed by atoms with Gasteiger partial charge in [0, 0.05) is 13.1 Å². The van der Waals surface area contributed by atoms with E-state index in [0.717, 1.165) is 12.1 Å². The minimum atomic E-state index is -0.173. The molecular weight excluding hydrogens is 447 g/mol. The second kappa shape index (κ2) is 14.1. The summed E-state index contributed by atoms with van der Waals surface area (Å²) in [5, 5.41) is 8.82. The van der Waals surface area contributed by atoms with Crippen LogP contribution in [-0.2, 0) is 11.3 Å². The average Bonchev–Trinajstić information content (AvgIpc) is 2.62. The number of guanidine groups is 1.